The molecular weight excluding hydrogens is 791 g/mol. The Morgan fingerprint density at radius 1 is 0.774 bits per heavy atom. The predicted molar refractivity (Wildman–Crippen MR) is 232 cm³/mol. The molecule has 0 saturated heterocycles. The lowest BCUT2D eigenvalue weighted by Crippen LogP contribution is -2.54. The van der Waals surface area contributed by atoms with E-state index in [1.54, 1.807) is 38.1 Å². The van der Waals surface area contributed by atoms with Crippen molar-refractivity contribution in [3.8, 4) is 0 Å². The van der Waals surface area contributed by atoms with Gasteiger partial charge in [-0.15, -0.1) is 0 Å². The fraction of sp³-hybridized carbons (Fsp3) is 0.413. The molecule has 16 heteroatoms. The summed E-state index contributed by atoms with van der Waals surface area (Å²) in [6.45, 7) is 7.17. The molecule has 3 aliphatic rings. The molecule has 3 aromatic rings. The molecule has 8 amide bonds. The number of nitrogens with zero attached hydrogens (tertiary/aromatic N) is 5. The third-order valence-electron chi connectivity index (χ3n) is 11.2. The lowest BCUT2D eigenvalue weighted by Gasteiger charge is -2.30. The van der Waals surface area contributed by atoms with Crippen molar-refractivity contribution in [3.63, 3.8) is 0 Å². The van der Waals surface area contributed by atoms with Gasteiger partial charge in [-0.2, -0.15) is 5.10 Å². The number of benzene rings is 2. The molecule has 16 nitrogen and oxygen atoms in total. The number of unbranched alkanes of at least 4 members (excludes halogenated alkanes) is 3. The van der Waals surface area contributed by atoms with Crippen molar-refractivity contribution in [2.75, 3.05) is 25.0 Å². The standard InChI is InChI=1S/C46H55N9O7/c1-30(2)42(51-38(56)14-8-5-10-24-54-39(57)19-20-40(54)58)45(61)49-31(3)44(60)48-22-9-11-25-55-41(59)26-37(32-12-6-4-7-13-32)43(52-55)33-15-17-36(18-16-33)50-46(62)53-28-34-21-23-47-27-35(34)29-53/h4,6-7,12-13,15-21,23,27,30-31,37,42H,5,8-11,14,22,24-26,28-29H2,1-3H3,(H,48,60)(H,49,61)(H,50,62)(H,51,56)/t31-,37?,42-/m0/s1. The number of hydrogen-bond acceptors (Lipinski definition) is 9. The van der Waals surface area contributed by atoms with E-state index in [0.29, 0.717) is 70.5 Å². The topological polar surface area (TPSA) is 203 Å². The summed E-state index contributed by atoms with van der Waals surface area (Å²) in [5, 5.41) is 17.7. The van der Waals surface area contributed by atoms with Crippen molar-refractivity contribution >= 4 is 52.9 Å². The van der Waals surface area contributed by atoms with Crippen LogP contribution >= 0.6 is 0 Å². The van der Waals surface area contributed by atoms with Crippen molar-refractivity contribution in [1.29, 1.82) is 0 Å². The van der Waals surface area contributed by atoms with Crippen LogP contribution in [0.4, 0.5) is 10.5 Å². The first kappa shape index (κ1) is 44.8. The highest BCUT2D eigenvalue weighted by atomic mass is 16.2. The molecule has 0 saturated carbocycles. The lowest BCUT2D eigenvalue weighted by atomic mass is 9.86. The third-order valence-corrected chi connectivity index (χ3v) is 11.2. The van der Waals surface area contributed by atoms with E-state index in [0.717, 1.165) is 28.0 Å². The first-order valence-electron chi connectivity index (χ1n) is 21.3. The number of anilines is 1. The zero-order valence-corrected chi connectivity index (χ0v) is 35.5. The average molecular weight is 846 g/mol. The Bertz CT molecular complexity index is 2150. The van der Waals surface area contributed by atoms with E-state index in [2.05, 4.69) is 26.3 Å². The van der Waals surface area contributed by atoms with Gasteiger partial charge in [-0.25, -0.2) is 9.80 Å². The molecule has 326 valence electrons. The van der Waals surface area contributed by atoms with E-state index >= 15 is 0 Å². The number of aromatic nitrogens is 1. The van der Waals surface area contributed by atoms with E-state index in [-0.39, 0.29) is 60.2 Å². The van der Waals surface area contributed by atoms with Gasteiger partial charge in [-0.1, -0.05) is 62.7 Å². The molecule has 1 unspecified atom stereocenters. The smallest absolute Gasteiger partial charge is 0.322 e. The number of hydrogen-bond donors (Lipinski definition) is 4. The van der Waals surface area contributed by atoms with Crippen molar-refractivity contribution in [2.45, 2.75) is 96.8 Å². The van der Waals surface area contributed by atoms with E-state index in [1.165, 1.54) is 22.1 Å². The van der Waals surface area contributed by atoms with Crippen LogP contribution in [0, 0.1) is 5.92 Å². The molecule has 2 aromatic carbocycles. The summed E-state index contributed by atoms with van der Waals surface area (Å²) < 4.78 is 0. The van der Waals surface area contributed by atoms with E-state index in [1.807, 2.05) is 60.7 Å². The summed E-state index contributed by atoms with van der Waals surface area (Å²) in [6.07, 6.45) is 9.27. The fourth-order valence-corrected chi connectivity index (χ4v) is 7.60. The number of hydrazone groups is 1. The van der Waals surface area contributed by atoms with E-state index in [4.69, 9.17) is 5.10 Å². The van der Waals surface area contributed by atoms with Crippen LogP contribution < -0.4 is 21.3 Å². The number of nitrogens with one attached hydrogen (secondary N) is 4. The summed E-state index contributed by atoms with van der Waals surface area (Å²) >= 11 is 0. The van der Waals surface area contributed by atoms with Crippen LogP contribution in [0.25, 0.3) is 0 Å². The fourth-order valence-electron chi connectivity index (χ4n) is 7.60. The van der Waals surface area contributed by atoms with Gasteiger partial charge in [0.05, 0.1) is 5.71 Å². The van der Waals surface area contributed by atoms with Gasteiger partial charge in [0.1, 0.15) is 12.1 Å². The van der Waals surface area contributed by atoms with Crippen molar-refractivity contribution in [2.24, 2.45) is 11.0 Å². The van der Waals surface area contributed by atoms with Gasteiger partial charge in [0.25, 0.3) is 11.8 Å². The maximum atomic E-state index is 13.4. The van der Waals surface area contributed by atoms with Crippen LogP contribution in [0.2, 0.25) is 0 Å². The first-order valence-corrected chi connectivity index (χ1v) is 21.3. The average Bonchev–Trinajstić information content (AvgIpc) is 3.85. The van der Waals surface area contributed by atoms with Gasteiger partial charge in [0, 0.05) is 81.7 Å². The van der Waals surface area contributed by atoms with Crippen LogP contribution in [0.1, 0.15) is 93.9 Å². The Morgan fingerprint density at radius 3 is 2.19 bits per heavy atom. The van der Waals surface area contributed by atoms with E-state index < -0.39 is 18.0 Å². The summed E-state index contributed by atoms with van der Waals surface area (Å²) in [4.78, 5) is 95.7. The zero-order chi connectivity index (χ0) is 44.2. The monoisotopic (exact) mass is 845 g/mol. The highest BCUT2D eigenvalue weighted by molar-refractivity contribution is 6.13. The number of fused-ring (bicyclic) bond motifs is 1. The van der Waals surface area contributed by atoms with Crippen LogP contribution in [-0.2, 0) is 41.9 Å². The zero-order valence-electron chi connectivity index (χ0n) is 35.5. The SMILES string of the molecule is CC(C)[C@H](NC(=O)CCCCCN1C(=O)C=CC1=O)C(=O)N[C@@H](C)C(=O)NCCCCN1N=C(c2ccc(NC(=O)N3Cc4ccncc4C3)cc2)C(c2ccccc2)CC1=O. The number of amides is 8. The number of urea groups is 1. The number of carbonyl (C=O) groups is 7. The summed E-state index contributed by atoms with van der Waals surface area (Å²) in [7, 11) is 0. The van der Waals surface area contributed by atoms with Gasteiger partial charge < -0.3 is 26.2 Å². The highest BCUT2D eigenvalue weighted by Gasteiger charge is 2.32. The van der Waals surface area contributed by atoms with Gasteiger partial charge in [0.2, 0.25) is 23.6 Å². The Morgan fingerprint density at radius 2 is 1.48 bits per heavy atom. The molecule has 6 rings (SSSR count). The molecule has 0 spiro atoms. The molecule has 3 aliphatic heterocycles. The minimum Gasteiger partial charge on any atom is -0.354 e. The molecule has 4 heterocycles. The number of pyridine rings is 1. The third kappa shape index (κ3) is 11.8. The van der Waals surface area contributed by atoms with Crippen LogP contribution in [-0.4, -0.2) is 98.7 Å². The van der Waals surface area contributed by atoms with E-state index in [9.17, 15) is 33.6 Å². The molecule has 0 fully saturated rings. The van der Waals surface area contributed by atoms with Gasteiger partial charge in [0.15, 0.2) is 0 Å². The Kier molecular flexibility index (Phi) is 15.3. The summed E-state index contributed by atoms with van der Waals surface area (Å²) in [5.74, 6) is -2.40. The minimum atomic E-state index is -0.855. The van der Waals surface area contributed by atoms with Crippen molar-refractivity contribution < 1.29 is 33.6 Å². The largest absolute Gasteiger partial charge is 0.354 e. The Labute approximate surface area is 361 Å². The molecule has 3 atom stereocenters. The molecule has 0 radical (unpaired) electrons. The summed E-state index contributed by atoms with van der Waals surface area (Å²) in [5.41, 5.74) is 5.31. The number of rotatable bonds is 19. The highest BCUT2D eigenvalue weighted by Crippen LogP contribution is 2.31. The Hall–Kier alpha value is -6.71. The molecule has 4 N–H and O–H groups in total. The molecule has 0 bridgehead atoms. The van der Waals surface area contributed by atoms with Crippen LogP contribution in [0.3, 0.4) is 0 Å². The normalized spacial score (nSPS) is 16.8. The second kappa shape index (κ2) is 21.2. The minimum absolute atomic E-state index is 0.105. The van der Waals surface area contributed by atoms with Crippen molar-refractivity contribution in [1.82, 2.24) is 35.7 Å². The lowest BCUT2D eigenvalue weighted by molar-refractivity contribution is -0.137. The molecular formula is C46H55N9O7. The van der Waals surface area contributed by atoms with Gasteiger partial charge >= 0.3 is 6.03 Å². The maximum Gasteiger partial charge on any atom is 0.322 e. The maximum absolute atomic E-state index is 13.4. The number of carbonyl (C=O) groups excluding carboxylic acids is 7. The van der Waals surface area contributed by atoms with Gasteiger partial charge in [-0.3, -0.25) is 38.7 Å². The molecule has 0 aliphatic carbocycles. The first-order chi connectivity index (χ1) is 29.9. The number of imide groups is 1. The second-order valence-corrected chi connectivity index (χ2v) is 16.2. The second-order valence-electron chi connectivity index (χ2n) is 16.2. The summed E-state index contributed by atoms with van der Waals surface area (Å²) in [6, 6.07) is 17.3. The quantitative estimate of drug-likeness (QED) is 0.101. The molecule has 62 heavy (non-hydrogen) atoms. The molecule has 1 aromatic heterocycles. The van der Waals surface area contributed by atoms with Gasteiger partial charge in [-0.05, 0) is 79.0 Å². The predicted octanol–water partition coefficient (Wildman–Crippen LogP) is 4.38. The van der Waals surface area contributed by atoms with Crippen molar-refractivity contribution in [3.05, 3.63) is 107 Å². The van der Waals surface area contributed by atoms with Crippen LogP contribution in [0.15, 0.2) is 90.3 Å². The Balaban J connectivity index is 0.948. The van der Waals surface area contributed by atoms with Crippen LogP contribution in [0.5, 0.6) is 0 Å².